The Bertz CT molecular complexity index is 1950. The van der Waals surface area contributed by atoms with E-state index in [9.17, 15) is 14.4 Å². The quantitative estimate of drug-likeness (QED) is 0.196. The van der Waals surface area contributed by atoms with Crippen molar-refractivity contribution < 1.29 is 29.0 Å². The lowest BCUT2D eigenvalue weighted by molar-refractivity contribution is -0.134. The van der Waals surface area contributed by atoms with Crippen molar-refractivity contribution in [2.24, 2.45) is 11.3 Å². The molecular weight excluding hydrogens is 733 g/mol. The van der Waals surface area contributed by atoms with Crippen LogP contribution in [0.1, 0.15) is 61.0 Å². The number of ether oxygens (including phenoxy) is 2. The number of fused-ring (bicyclic) bond motifs is 1. The van der Waals surface area contributed by atoms with E-state index < -0.39 is 17.9 Å². The van der Waals surface area contributed by atoms with Gasteiger partial charge in [0.1, 0.15) is 23.2 Å². The highest BCUT2D eigenvalue weighted by molar-refractivity contribution is 6.03. The SMILES string of the molecule is COc1nc(C(=O)NC2CCC(=O)NC2=O)ccc1N1CCN(CC2CC3(CCN(c4ccccc4)CC3)C2)CC1.Oc1ccc2c(c1)OCCC2.c1ccccc1. The number of para-hydroxylation sites is 1. The van der Waals surface area contributed by atoms with Gasteiger partial charge in [-0.1, -0.05) is 60.7 Å². The molecule has 3 amide bonds. The molecule has 9 rings (SSSR count). The number of nitrogens with zero attached hydrogens (tertiary/aromatic N) is 4. The van der Waals surface area contributed by atoms with E-state index in [4.69, 9.17) is 14.6 Å². The van der Waals surface area contributed by atoms with Crippen LogP contribution in [0.25, 0.3) is 0 Å². The van der Waals surface area contributed by atoms with Crippen LogP contribution < -0.4 is 29.9 Å². The lowest BCUT2D eigenvalue weighted by atomic mass is 9.57. The molecule has 4 fully saturated rings. The van der Waals surface area contributed by atoms with Crippen LogP contribution in [-0.4, -0.2) is 98.3 Å². The van der Waals surface area contributed by atoms with E-state index >= 15 is 0 Å². The third kappa shape index (κ3) is 10.5. The van der Waals surface area contributed by atoms with E-state index in [1.54, 1.807) is 25.3 Å². The summed E-state index contributed by atoms with van der Waals surface area (Å²) in [4.78, 5) is 48.0. The first kappa shape index (κ1) is 40.6. The third-order valence-electron chi connectivity index (χ3n) is 12.0. The van der Waals surface area contributed by atoms with Gasteiger partial charge in [0.15, 0.2) is 0 Å². The minimum atomic E-state index is -0.742. The number of hydrogen-bond donors (Lipinski definition) is 3. The molecule has 0 bridgehead atoms. The molecule has 58 heavy (non-hydrogen) atoms. The van der Waals surface area contributed by atoms with Crippen LogP contribution in [-0.2, 0) is 16.0 Å². The van der Waals surface area contributed by atoms with Crippen molar-refractivity contribution in [1.82, 2.24) is 20.5 Å². The number of hydrogen-bond acceptors (Lipinski definition) is 10. The second-order valence-electron chi connectivity index (χ2n) is 16.0. The van der Waals surface area contributed by atoms with Crippen LogP contribution >= 0.6 is 0 Å². The largest absolute Gasteiger partial charge is 0.508 e. The normalized spacial score (nSPS) is 20.1. The summed E-state index contributed by atoms with van der Waals surface area (Å²) in [5.41, 5.74) is 4.17. The Morgan fingerprint density at radius 1 is 0.879 bits per heavy atom. The Hall–Kier alpha value is -5.62. The van der Waals surface area contributed by atoms with Crippen molar-refractivity contribution in [3.05, 3.63) is 108 Å². The number of piperazine rings is 1. The summed E-state index contributed by atoms with van der Waals surface area (Å²) in [6, 6.07) is 30.9. The van der Waals surface area contributed by atoms with E-state index in [2.05, 4.69) is 60.6 Å². The van der Waals surface area contributed by atoms with Gasteiger partial charge in [0.05, 0.1) is 19.4 Å². The number of phenolic OH excluding ortho intramolecular Hbond substituents is 1. The van der Waals surface area contributed by atoms with Gasteiger partial charge in [-0.05, 0) is 92.2 Å². The predicted molar refractivity (Wildman–Crippen MR) is 224 cm³/mol. The van der Waals surface area contributed by atoms with Crippen LogP contribution in [0.5, 0.6) is 17.4 Å². The second kappa shape index (κ2) is 19.2. The molecule has 1 atom stereocenters. The molecule has 306 valence electrons. The number of aromatic hydroxyl groups is 1. The standard InChI is InChI=1S/C31H40N6O4.C9H10O2.C6H6/c1-41-30-26(9-7-25(33-30)28(39)32-24-8-10-27(38)34-29(24)40)37-17-15-35(16-18-37)21-22-19-31(20-22)11-13-36(14-12-31)23-5-3-2-4-6-23;10-8-4-3-7-2-1-5-11-9(7)6-8;1-2-4-6-5-3-1/h2-7,9,22,24H,8,10-21H2,1H3,(H,32,39)(H,34,38,40);3-4,6,10H,1-2,5H2;1-6H. The minimum Gasteiger partial charge on any atom is -0.508 e. The Balaban J connectivity index is 0.000000246. The molecule has 4 aromatic rings. The van der Waals surface area contributed by atoms with Crippen molar-refractivity contribution in [3.8, 4) is 17.4 Å². The predicted octanol–water partition coefficient (Wildman–Crippen LogP) is 5.85. The van der Waals surface area contributed by atoms with E-state index in [0.29, 0.717) is 11.3 Å². The highest BCUT2D eigenvalue weighted by atomic mass is 16.5. The Kier molecular flexibility index (Phi) is 13.4. The molecule has 12 heteroatoms. The summed E-state index contributed by atoms with van der Waals surface area (Å²) >= 11 is 0. The number of benzene rings is 3. The van der Waals surface area contributed by atoms with Crippen molar-refractivity contribution in [1.29, 1.82) is 0 Å². The molecule has 3 saturated heterocycles. The highest BCUT2D eigenvalue weighted by Gasteiger charge is 2.46. The molecule has 1 aliphatic carbocycles. The maximum Gasteiger partial charge on any atom is 0.270 e. The van der Waals surface area contributed by atoms with Gasteiger partial charge in [-0.15, -0.1) is 0 Å². The van der Waals surface area contributed by atoms with Crippen LogP contribution in [0, 0.1) is 11.3 Å². The molecule has 5 aliphatic rings. The number of carbonyl (C=O) groups is 3. The molecular formula is C46H56N6O6. The molecule has 5 heterocycles. The topological polar surface area (TPSA) is 137 Å². The number of pyridine rings is 1. The number of rotatable bonds is 7. The monoisotopic (exact) mass is 788 g/mol. The summed E-state index contributed by atoms with van der Waals surface area (Å²) in [5.74, 6) is 1.06. The summed E-state index contributed by atoms with van der Waals surface area (Å²) < 4.78 is 10.9. The van der Waals surface area contributed by atoms with Gasteiger partial charge in [0.2, 0.25) is 17.7 Å². The number of nitrogens with one attached hydrogen (secondary N) is 2. The van der Waals surface area contributed by atoms with Gasteiger partial charge >= 0.3 is 0 Å². The third-order valence-corrected chi connectivity index (χ3v) is 12.0. The second-order valence-corrected chi connectivity index (χ2v) is 16.0. The fourth-order valence-electron chi connectivity index (χ4n) is 8.84. The van der Waals surface area contributed by atoms with Crippen molar-refractivity contribution in [2.75, 3.05) is 69.3 Å². The van der Waals surface area contributed by atoms with Gasteiger partial charge in [-0.3, -0.25) is 24.6 Å². The summed E-state index contributed by atoms with van der Waals surface area (Å²) in [6.45, 7) is 8.03. The molecule has 3 aromatic carbocycles. The zero-order valence-corrected chi connectivity index (χ0v) is 33.5. The van der Waals surface area contributed by atoms with Gasteiger partial charge in [-0.25, -0.2) is 4.98 Å². The number of aryl methyl sites for hydroxylation is 1. The smallest absolute Gasteiger partial charge is 0.270 e. The highest BCUT2D eigenvalue weighted by Crippen LogP contribution is 2.53. The summed E-state index contributed by atoms with van der Waals surface area (Å²) in [7, 11) is 1.56. The maximum atomic E-state index is 12.8. The Labute approximate surface area is 341 Å². The van der Waals surface area contributed by atoms with E-state index in [0.717, 1.165) is 63.0 Å². The van der Waals surface area contributed by atoms with Crippen molar-refractivity contribution >= 4 is 29.1 Å². The van der Waals surface area contributed by atoms with E-state index in [-0.39, 0.29) is 30.2 Å². The molecule has 1 aromatic heterocycles. The number of carbonyl (C=O) groups excluding carboxylic acids is 3. The van der Waals surface area contributed by atoms with Crippen LogP contribution in [0.4, 0.5) is 11.4 Å². The van der Waals surface area contributed by atoms with Crippen molar-refractivity contribution in [2.45, 2.75) is 57.4 Å². The number of methoxy groups -OCH3 is 1. The fraction of sp³-hybridized carbons (Fsp3) is 0.435. The van der Waals surface area contributed by atoms with Gasteiger partial charge in [0.25, 0.3) is 5.91 Å². The van der Waals surface area contributed by atoms with Gasteiger partial charge in [-0.2, -0.15) is 0 Å². The first-order chi connectivity index (χ1) is 28.3. The molecule has 1 spiro atoms. The maximum absolute atomic E-state index is 12.8. The number of imide groups is 1. The lowest BCUT2D eigenvalue weighted by Crippen LogP contribution is -2.53. The zero-order valence-electron chi connectivity index (χ0n) is 33.5. The molecule has 1 unspecified atom stereocenters. The van der Waals surface area contributed by atoms with Gasteiger partial charge in [0, 0.05) is 64.0 Å². The number of anilines is 2. The summed E-state index contributed by atoms with van der Waals surface area (Å²) in [6.07, 6.45) is 7.96. The first-order valence-electron chi connectivity index (χ1n) is 20.7. The van der Waals surface area contributed by atoms with Crippen molar-refractivity contribution in [3.63, 3.8) is 0 Å². The van der Waals surface area contributed by atoms with Crippen LogP contribution in [0.15, 0.2) is 97.1 Å². The minimum absolute atomic E-state index is 0.183. The number of phenols is 1. The average molecular weight is 789 g/mol. The molecule has 1 saturated carbocycles. The van der Waals surface area contributed by atoms with E-state index in [1.807, 2.05) is 48.5 Å². The van der Waals surface area contributed by atoms with E-state index in [1.165, 1.54) is 56.6 Å². The molecule has 4 aliphatic heterocycles. The number of aromatic nitrogens is 1. The number of amides is 3. The first-order valence-corrected chi connectivity index (χ1v) is 20.7. The van der Waals surface area contributed by atoms with Crippen LogP contribution in [0.3, 0.4) is 0 Å². The molecule has 0 radical (unpaired) electrons. The Morgan fingerprint density at radius 3 is 2.24 bits per heavy atom. The van der Waals surface area contributed by atoms with Gasteiger partial charge < -0.3 is 29.7 Å². The van der Waals surface area contributed by atoms with Crippen LogP contribution in [0.2, 0.25) is 0 Å². The lowest BCUT2D eigenvalue weighted by Gasteiger charge is -2.54. The zero-order chi connectivity index (χ0) is 40.3. The molecule has 12 nitrogen and oxygen atoms in total. The average Bonchev–Trinajstić information content (AvgIpc) is 3.26. The molecule has 3 N–H and O–H groups in total. The summed E-state index contributed by atoms with van der Waals surface area (Å²) in [5, 5.41) is 14.0. The Morgan fingerprint density at radius 2 is 1.57 bits per heavy atom. The number of piperidine rings is 2. The fourth-order valence-corrected chi connectivity index (χ4v) is 8.84.